The van der Waals surface area contributed by atoms with Crippen LogP contribution in [-0.2, 0) is 11.8 Å². The van der Waals surface area contributed by atoms with Crippen LogP contribution in [0.25, 0.3) is 0 Å². The molecule has 1 fully saturated rings. The molecule has 1 aliphatic rings. The summed E-state index contributed by atoms with van der Waals surface area (Å²) in [6.07, 6.45) is 9.93. The molecule has 0 amide bonds. The molecule has 1 saturated carbocycles. The van der Waals surface area contributed by atoms with Crippen LogP contribution in [0.2, 0.25) is 10.0 Å². The van der Waals surface area contributed by atoms with E-state index in [4.69, 9.17) is 23.2 Å². The minimum absolute atomic E-state index is 0.373. The monoisotopic (exact) mass is 498 g/mol. The molecular formula is C30H40Cl2N2. The van der Waals surface area contributed by atoms with Gasteiger partial charge in [0.15, 0.2) is 0 Å². The molecule has 34 heavy (non-hydrogen) atoms. The lowest BCUT2D eigenvalue weighted by Crippen LogP contribution is -2.43. The summed E-state index contributed by atoms with van der Waals surface area (Å²) >= 11 is 12.7. The number of halogens is 2. The summed E-state index contributed by atoms with van der Waals surface area (Å²) in [6, 6.07) is 20.4. The maximum atomic E-state index is 10.7. The molecule has 0 radical (unpaired) electrons. The van der Waals surface area contributed by atoms with Crippen molar-refractivity contribution in [1.29, 1.82) is 5.26 Å². The van der Waals surface area contributed by atoms with E-state index >= 15 is 0 Å². The molecule has 3 rings (SSSR count). The lowest BCUT2D eigenvalue weighted by molar-refractivity contribution is 0.128. The minimum Gasteiger partial charge on any atom is -0.298 e. The third-order valence-corrected chi connectivity index (χ3v) is 8.65. The van der Waals surface area contributed by atoms with Gasteiger partial charge in [-0.05, 0) is 81.5 Å². The van der Waals surface area contributed by atoms with E-state index in [1.165, 1.54) is 24.8 Å². The van der Waals surface area contributed by atoms with E-state index in [0.717, 1.165) is 50.6 Å². The molecule has 4 heteroatoms. The third-order valence-electron chi connectivity index (χ3n) is 7.91. The average Bonchev–Trinajstić information content (AvgIpc) is 2.86. The molecule has 0 bridgehead atoms. The predicted octanol–water partition coefficient (Wildman–Crippen LogP) is 8.85. The molecule has 2 aromatic carbocycles. The Morgan fingerprint density at radius 1 is 1.03 bits per heavy atom. The number of rotatable bonds is 11. The van der Waals surface area contributed by atoms with Crippen molar-refractivity contribution in [2.45, 2.75) is 96.1 Å². The molecule has 2 nitrogen and oxygen atoms in total. The highest BCUT2D eigenvalue weighted by Gasteiger charge is 2.42. The topological polar surface area (TPSA) is 27.0 Å². The van der Waals surface area contributed by atoms with Gasteiger partial charge in [0.1, 0.15) is 0 Å². The first kappa shape index (κ1) is 27.1. The van der Waals surface area contributed by atoms with E-state index in [2.05, 4.69) is 62.1 Å². The fraction of sp³-hybridized carbons (Fsp3) is 0.567. The first-order chi connectivity index (χ1) is 16.4. The zero-order valence-corrected chi connectivity index (χ0v) is 22.6. The first-order valence-electron chi connectivity index (χ1n) is 13.1. The second-order valence-electron chi connectivity index (χ2n) is 10.2. The van der Waals surface area contributed by atoms with E-state index in [1.54, 1.807) is 0 Å². The molecular weight excluding hydrogens is 459 g/mol. The predicted molar refractivity (Wildman–Crippen MR) is 146 cm³/mol. The highest BCUT2D eigenvalue weighted by molar-refractivity contribution is 6.42. The van der Waals surface area contributed by atoms with E-state index in [-0.39, 0.29) is 0 Å². The van der Waals surface area contributed by atoms with Gasteiger partial charge < -0.3 is 0 Å². The van der Waals surface area contributed by atoms with Crippen LogP contribution < -0.4 is 0 Å². The Morgan fingerprint density at radius 3 is 2.32 bits per heavy atom. The van der Waals surface area contributed by atoms with E-state index in [0.29, 0.717) is 28.0 Å². The molecule has 2 unspecified atom stereocenters. The Labute approximate surface area is 217 Å². The molecule has 184 valence electrons. The Hall–Kier alpha value is -1.53. The van der Waals surface area contributed by atoms with E-state index in [1.807, 2.05) is 18.2 Å². The van der Waals surface area contributed by atoms with Crippen LogP contribution in [0.15, 0.2) is 48.5 Å². The number of benzene rings is 2. The van der Waals surface area contributed by atoms with Crippen molar-refractivity contribution in [1.82, 2.24) is 4.90 Å². The molecule has 0 aliphatic heterocycles. The Kier molecular flexibility index (Phi) is 10.3. The van der Waals surface area contributed by atoms with Gasteiger partial charge in [-0.15, -0.1) is 0 Å². The molecule has 1 aliphatic carbocycles. The lowest BCUT2D eigenvalue weighted by Gasteiger charge is -2.41. The van der Waals surface area contributed by atoms with Gasteiger partial charge in [0, 0.05) is 18.6 Å². The molecule has 0 aromatic heterocycles. The standard InChI is InChI=1S/C30H40Cl2N2/c1-4-27(34(23(2)3)20-18-24-11-7-5-8-12-24)17-19-30(22-33,25-13-9-6-10-14-25)26-15-16-28(31)29(32)21-26/h5,7-8,11-12,15-16,21,23,25,27H,4,6,9-10,13-14,17-20H2,1-3H3. The Bertz CT molecular complexity index is 931. The van der Waals surface area contributed by atoms with Crippen molar-refractivity contribution < 1.29 is 0 Å². The minimum atomic E-state index is -0.510. The SMILES string of the molecule is CCC(CCC(C#N)(c1ccc(Cl)c(Cl)c1)C1CCCCC1)N(CCc1ccccc1)C(C)C. The maximum Gasteiger partial charge on any atom is 0.0851 e. The zero-order chi connectivity index (χ0) is 24.6. The first-order valence-corrected chi connectivity index (χ1v) is 13.8. The van der Waals surface area contributed by atoms with Gasteiger partial charge in [-0.1, -0.05) is 85.8 Å². The fourth-order valence-corrected chi connectivity index (χ4v) is 6.23. The normalized spacial score (nSPS) is 17.5. The van der Waals surface area contributed by atoms with Crippen molar-refractivity contribution in [2.24, 2.45) is 5.92 Å². The van der Waals surface area contributed by atoms with Gasteiger partial charge in [0.05, 0.1) is 21.5 Å². The van der Waals surface area contributed by atoms with Crippen molar-refractivity contribution in [2.75, 3.05) is 6.54 Å². The zero-order valence-electron chi connectivity index (χ0n) is 21.1. The number of nitrogens with zero attached hydrogens (tertiary/aromatic N) is 2. The second kappa shape index (κ2) is 13.0. The highest BCUT2D eigenvalue weighted by Crippen LogP contribution is 2.45. The van der Waals surface area contributed by atoms with Gasteiger partial charge >= 0.3 is 0 Å². The summed E-state index contributed by atoms with van der Waals surface area (Å²) in [6.45, 7) is 7.92. The summed E-state index contributed by atoms with van der Waals surface area (Å²) in [7, 11) is 0. The van der Waals surface area contributed by atoms with E-state index < -0.39 is 5.41 Å². The number of hydrogen-bond acceptors (Lipinski definition) is 2. The summed E-state index contributed by atoms with van der Waals surface area (Å²) < 4.78 is 0. The van der Waals surface area contributed by atoms with Crippen molar-refractivity contribution in [3.63, 3.8) is 0 Å². The van der Waals surface area contributed by atoms with Crippen LogP contribution in [0, 0.1) is 17.2 Å². The number of nitriles is 1. The molecule has 2 atom stereocenters. The highest BCUT2D eigenvalue weighted by atomic mass is 35.5. The van der Waals surface area contributed by atoms with Gasteiger partial charge in [-0.3, -0.25) is 4.90 Å². The average molecular weight is 500 g/mol. The summed E-state index contributed by atoms with van der Waals surface area (Å²) in [5, 5.41) is 11.8. The van der Waals surface area contributed by atoms with Gasteiger partial charge in [0.2, 0.25) is 0 Å². The van der Waals surface area contributed by atoms with Crippen LogP contribution in [0.1, 0.15) is 83.3 Å². The summed E-state index contributed by atoms with van der Waals surface area (Å²) in [5.74, 6) is 0.373. The maximum absolute atomic E-state index is 10.7. The molecule has 0 spiro atoms. The van der Waals surface area contributed by atoms with Crippen LogP contribution in [0.3, 0.4) is 0 Å². The van der Waals surface area contributed by atoms with Crippen LogP contribution in [0.5, 0.6) is 0 Å². The van der Waals surface area contributed by atoms with Crippen LogP contribution in [0.4, 0.5) is 0 Å². The van der Waals surface area contributed by atoms with Gasteiger partial charge in [-0.2, -0.15) is 5.26 Å². The molecule has 2 aromatic rings. The number of hydrogen-bond donors (Lipinski definition) is 0. The fourth-order valence-electron chi connectivity index (χ4n) is 5.93. The molecule has 0 saturated heterocycles. The largest absolute Gasteiger partial charge is 0.298 e. The Morgan fingerprint density at radius 2 is 1.74 bits per heavy atom. The van der Waals surface area contributed by atoms with E-state index in [9.17, 15) is 5.26 Å². The lowest BCUT2D eigenvalue weighted by atomic mass is 9.63. The van der Waals surface area contributed by atoms with Crippen molar-refractivity contribution in [3.8, 4) is 6.07 Å². The second-order valence-corrected chi connectivity index (χ2v) is 11.0. The summed E-state index contributed by atoms with van der Waals surface area (Å²) in [5.41, 5.74) is 1.92. The Balaban J connectivity index is 1.83. The van der Waals surface area contributed by atoms with Crippen LogP contribution in [-0.4, -0.2) is 23.5 Å². The molecule has 0 heterocycles. The third kappa shape index (κ3) is 6.57. The van der Waals surface area contributed by atoms with Crippen molar-refractivity contribution in [3.05, 3.63) is 69.7 Å². The molecule has 0 N–H and O–H groups in total. The van der Waals surface area contributed by atoms with Crippen LogP contribution >= 0.6 is 23.2 Å². The van der Waals surface area contributed by atoms with Gasteiger partial charge in [-0.25, -0.2) is 0 Å². The summed E-state index contributed by atoms with van der Waals surface area (Å²) in [4.78, 5) is 2.64. The van der Waals surface area contributed by atoms with Gasteiger partial charge in [0.25, 0.3) is 0 Å². The van der Waals surface area contributed by atoms with Crippen molar-refractivity contribution >= 4 is 23.2 Å². The quantitative estimate of drug-likeness (QED) is 0.309. The smallest absolute Gasteiger partial charge is 0.0851 e.